The van der Waals surface area contributed by atoms with Crippen molar-refractivity contribution in [2.75, 3.05) is 14.2 Å². The summed E-state index contributed by atoms with van der Waals surface area (Å²) in [5, 5.41) is 0. The van der Waals surface area contributed by atoms with Crippen molar-refractivity contribution in [3.63, 3.8) is 0 Å². The molecule has 136 valence electrons. The number of Topliss-reactive ketones (excluding diaryl/α,β-unsaturated/α-hetero) is 1. The first-order valence-corrected chi connectivity index (χ1v) is 8.16. The van der Waals surface area contributed by atoms with Gasteiger partial charge in [0.05, 0.1) is 14.2 Å². The van der Waals surface area contributed by atoms with Crippen molar-refractivity contribution in [2.24, 2.45) is 0 Å². The molecule has 2 aromatic rings. The van der Waals surface area contributed by atoms with Crippen LogP contribution >= 0.6 is 0 Å². The highest BCUT2D eigenvalue weighted by Crippen LogP contribution is 2.31. The van der Waals surface area contributed by atoms with Gasteiger partial charge in [-0.3, -0.25) is 4.79 Å². The highest BCUT2D eigenvalue weighted by molar-refractivity contribution is 6.01. The molecule has 5 nitrogen and oxygen atoms in total. The highest BCUT2D eigenvalue weighted by Gasteiger charge is 2.18. The molecule has 0 N–H and O–H groups in total. The molecule has 0 aliphatic heterocycles. The summed E-state index contributed by atoms with van der Waals surface area (Å²) in [4.78, 5) is 24.3. The second-order valence-electron chi connectivity index (χ2n) is 5.73. The molecule has 0 fully saturated rings. The minimum atomic E-state index is -0.873. The van der Waals surface area contributed by atoms with E-state index in [-0.39, 0.29) is 5.78 Å². The molecule has 0 unspecified atom stereocenters. The van der Waals surface area contributed by atoms with E-state index in [0.29, 0.717) is 22.6 Å². The summed E-state index contributed by atoms with van der Waals surface area (Å²) in [6, 6.07) is 12.5. The van der Waals surface area contributed by atoms with E-state index in [4.69, 9.17) is 14.2 Å². The number of aryl methyl sites for hydroxylation is 1. The van der Waals surface area contributed by atoms with Gasteiger partial charge in [-0.1, -0.05) is 42.0 Å². The third-order valence-electron chi connectivity index (χ3n) is 3.83. The zero-order valence-electron chi connectivity index (χ0n) is 15.3. The van der Waals surface area contributed by atoms with Gasteiger partial charge in [0.2, 0.25) is 5.78 Å². The topological polar surface area (TPSA) is 61.8 Å². The first-order valence-electron chi connectivity index (χ1n) is 8.16. The van der Waals surface area contributed by atoms with Gasteiger partial charge in [0, 0.05) is 17.2 Å². The zero-order chi connectivity index (χ0) is 19.1. The number of hydrogen-bond donors (Lipinski definition) is 0. The van der Waals surface area contributed by atoms with Crippen molar-refractivity contribution in [1.29, 1.82) is 0 Å². The molecule has 0 aliphatic rings. The Kier molecular flexibility index (Phi) is 6.55. The number of carbonyl (C=O) groups is 2. The van der Waals surface area contributed by atoms with Gasteiger partial charge in [-0.25, -0.2) is 4.79 Å². The molecular formula is C21H22O5. The van der Waals surface area contributed by atoms with Crippen LogP contribution in [0.5, 0.6) is 11.5 Å². The fourth-order valence-electron chi connectivity index (χ4n) is 2.42. The SMILES string of the molecule is COc1cccc(/C=C/C(=O)O[C@H](C)C(=O)c2ccc(C)cc2)c1OC. The Labute approximate surface area is 153 Å². The molecule has 5 heteroatoms. The molecule has 2 aromatic carbocycles. The normalized spacial score (nSPS) is 11.8. The van der Waals surface area contributed by atoms with Crippen LogP contribution in [0.1, 0.15) is 28.4 Å². The molecule has 0 saturated carbocycles. The quantitative estimate of drug-likeness (QED) is 0.429. The predicted molar refractivity (Wildman–Crippen MR) is 99.6 cm³/mol. The van der Waals surface area contributed by atoms with E-state index >= 15 is 0 Å². The second kappa shape index (κ2) is 8.85. The van der Waals surface area contributed by atoms with E-state index in [1.165, 1.54) is 20.3 Å². The molecule has 0 saturated heterocycles. The van der Waals surface area contributed by atoms with E-state index in [9.17, 15) is 9.59 Å². The largest absolute Gasteiger partial charge is 0.493 e. The summed E-state index contributed by atoms with van der Waals surface area (Å²) in [6.45, 7) is 3.50. The van der Waals surface area contributed by atoms with Gasteiger partial charge in [0.25, 0.3) is 0 Å². The van der Waals surface area contributed by atoms with Gasteiger partial charge in [-0.05, 0) is 26.0 Å². The number of benzene rings is 2. The van der Waals surface area contributed by atoms with E-state index in [1.54, 1.807) is 43.3 Å². The summed E-state index contributed by atoms with van der Waals surface area (Å²) in [5.74, 6) is 0.224. The van der Waals surface area contributed by atoms with Crippen LogP contribution in [0.3, 0.4) is 0 Å². The summed E-state index contributed by atoms with van der Waals surface area (Å²) in [6.07, 6.45) is 1.95. The molecular weight excluding hydrogens is 332 g/mol. The molecule has 0 aliphatic carbocycles. The number of hydrogen-bond acceptors (Lipinski definition) is 5. The fourth-order valence-corrected chi connectivity index (χ4v) is 2.42. The van der Waals surface area contributed by atoms with Gasteiger partial charge in [0.15, 0.2) is 17.6 Å². The number of carbonyl (C=O) groups excluding carboxylic acids is 2. The van der Waals surface area contributed by atoms with Crippen LogP contribution in [0.25, 0.3) is 6.08 Å². The number of para-hydroxylation sites is 1. The van der Waals surface area contributed by atoms with Gasteiger partial charge in [0.1, 0.15) is 0 Å². The van der Waals surface area contributed by atoms with Crippen LogP contribution in [0.2, 0.25) is 0 Å². The van der Waals surface area contributed by atoms with Crippen LogP contribution in [-0.2, 0) is 9.53 Å². The summed E-state index contributed by atoms with van der Waals surface area (Å²) < 4.78 is 15.7. The van der Waals surface area contributed by atoms with Gasteiger partial charge in [-0.15, -0.1) is 0 Å². The van der Waals surface area contributed by atoms with E-state index in [2.05, 4.69) is 0 Å². The Hall–Kier alpha value is -3.08. The minimum absolute atomic E-state index is 0.245. The first-order chi connectivity index (χ1) is 12.5. The third-order valence-corrected chi connectivity index (χ3v) is 3.83. The lowest BCUT2D eigenvalue weighted by Gasteiger charge is -2.11. The highest BCUT2D eigenvalue weighted by atomic mass is 16.5. The van der Waals surface area contributed by atoms with Crippen molar-refractivity contribution >= 4 is 17.8 Å². The van der Waals surface area contributed by atoms with Gasteiger partial charge < -0.3 is 14.2 Å². The van der Waals surface area contributed by atoms with Crippen LogP contribution in [-0.4, -0.2) is 32.1 Å². The molecule has 2 rings (SSSR count). The van der Waals surface area contributed by atoms with Crippen LogP contribution < -0.4 is 9.47 Å². The zero-order valence-corrected chi connectivity index (χ0v) is 15.3. The average Bonchev–Trinajstić information content (AvgIpc) is 2.65. The van der Waals surface area contributed by atoms with Crippen molar-refractivity contribution in [3.05, 3.63) is 65.2 Å². The molecule has 0 spiro atoms. The number of ether oxygens (including phenoxy) is 3. The van der Waals surface area contributed by atoms with Crippen molar-refractivity contribution < 1.29 is 23.8 Å². The molecule has 0 bridgehead atoms. The standard InChI is InChI=1S/C21H22O5/c1-14-8-10-16(11-9-14)20(23)15(2)26-19(22)13-12-17-6-5-7-18(24-3)21(17)25-4/h5-13,15H,1-4H3/b13-12+/t15-/m1/s1. The number of rotatable bonds is 7. The lowest BCUT2D eigenvalue weighted by atomic mass is 10.1. The smallest absolute Gasteiger partial charge is 0.331 e. The summed E-state index contributed by atoms with van der Waals surface area (Å²) in [7, 11) is 3.06. The van der Waals surface area contributed by atoms with Crippen LogP contribution in [0, 0.1) is 6.92 Å². The molecule has 0 radical (unpaired) electrons. The van der Waals surface area contributed by atoms with Gasteiger partial charge in [-0.2, -0.15) is 0 Å². The first kappa shape index (κ1) is 19.2. The summed E-state index contributed by atoms with van der Waals surface area (Å²) in [5.41, 5.74) is 2.23. The maximum Gasteiger partial charge on any atom is 0.331 e. The lowest BCUT2D eigenvalue weighted by Crippen LogP contribution is -2.23. The molecule has 1 atom stereocenters. The monoisotopic (exact) mass is 354 g/mol. The van der Waals surface area contributed by atoms with E-state index < -0.39 is 12.1 Å². The van der Waals surface area contributed by atoms with E-state index in [0.717, 1.165) is 5.56 Å². The minimum Gasteiger partial charge on any atom is -0.493 e. The number of esters is 1. The van der Waals surface area contributed by atoms with Crippen LogP contribution in [0.15, 0.2) is 48.5 Å². The number of ketones is 1. The second-order valence-corrected chi connectivity index (χ2v) is 5.73. The van der Waals surface area contributed by atoms with E-state index in [1.807, 2.05) is 19.1 Å². The maximum atomic E-state index is 12.3. The molecule has 0 aromatic heterocycles. The average molecular weight is 354 g/mol. The van der Waals surface area contributed by atoms with Crippen LogP contribution in [0.4, 0.5) is 0 Å². The Morgan fingerprint density at radius 3 is 2.31 bits per heavy atom. The van der Waals surface area contributed by atoms with Crippen molar-refractivity contribution in [2.45, 2.75) is 20.0 Å². The fraction of sp³-hybridized carbons (Fsp3) is 0.238. The van der Waals surface area contributed by atoms with Gasteiger partial charge >= 0.3 is 5.97 Å². The third kappa shape index (κ3) is 4.72. The Bertz CT molecular complexity index is 806. The predicted octanol–water partition coefficient (Wildman–Crippen LogP) is 3.84. The lowest BCUT2D eigenvalue weighted by molar-refractivity contribution is -0.140. The Balaban J connectivity index is 2.05. The van der Waals surface area contributed by atoms with Crippen molar-refractivity contribution in [1.82, 2.24) is 0 Å². The number of methoxy groups -OCH3 is 2. The Morgan fingerprint density at radius 1 is 1.00 bits per heavy atom. The molecule has 0 heterocycles. The van der Waals surface area contributed by atoms with Crippen molar-refractivity contribution in [3.8, 4) is 11.5 Å². The molecule has 0 amide bonds. The summed E-state index contributed by atoms with van der Waals surface area (Å²) >= 11 is 0. The maximum absolute atomic E-state index is 12.3. The Morgan fingerprint density at radius 2 is 1.69 bits per heavy atom. The molecule has 26 heavy (non-hydrogen) atoms.